The van der Waals surface area contributed by atoms with E-state index in [9.17, 15) is 0 Å². The third-order valence-corrected chi connectivity index (χ3v) is 4.64. The molecule has 1 aliphatic carbocycles. The predicted octanol–water partition coefficient (Wildman–Crippen LogP) is 2.86. The van der Waals surface area contributed by atoms with Gasteiger partial charge < -0.3 is 9.30 Å². The summed E-state index contributed by atoms with van der Waals surface area (Å²) in [5, 5.41) is 0. The van der Waals surface area contributed by atoms with Crippen LogP contribution in [0, 0.1) is 5.92 Å². The third kappa shape index (κ3) is 2.44. The molecule has 0 bridgehead atoms. The van der Waals surface area contributed by atoms with E-state index >= 15 is 0 Å². The van der Waals surface area contributed by atoms with Crippen LogP contribution in [0.5, 0.6) is 5.75 Å². The highest BCUT2D eigenvalue weighted by Crippen LogP contribution is 2.38. The highest BCUT2D eigenvalue weighted by Gasteiger charge is 2.33. The number of benzene rings is 1. The van der Waals surface area contributed by atoms with Gasteiger partial charge in [-0.2, -0.15) is 0 Å². The first-order valence-electron chi connectivity index (χ1n) is 7.72. The molecule has 1 aromatic heterocycles. The highest BCUT2D eigenvalue weighted by atomic mass is 16.5. The minimum absolute atomic E-state index is 0.378. The van der Waals surface area contributed by atoms with Crippen LogP contribution in [-0.2, 0) is 13.1 Å². The molecule has 4 rings (SSSR count). The maximum absolute atomic E-state index is 5.59. The molecule has 4 heteroatoms. The van der Waals surface area contributed by atoms with Gasteiger partial charge in [0.2, 0.25) is 0 Å². The normalized spacial score (nSPS) is 22.0. The van der Waals surface area contributed by atoms with Crippen LogP contribution in [0.15, 0.2) is 36.7 Å². The summed E-state index contributed by atoms with van der Waals surface area (Å²) < 4.78 is 7.86. The van der Waals surface area contributed by atoms with E-state index in [0.29, 0.717) is 6.04 Å². The van der Waals surface area contributed by atoms with E-state index < -0.39 is 0 Å². The lowest BCUT2D eigenvalue weighted by molar-refractivity contribution is 0.128. The molecule has 4 nitrogen and oxygen atoms in total. The van der Waals surface area contributed by atoms with Crippen LogP contribution >= 0.6 is 0 Å². The summed E-state index contributed by atoms with van der Waals surface area (Å²) in [6, 6.07) is 8.79. The molecule has 1 unspecified atom stereocenters. The summed E-state index contributed by atoms with van der Waals surface area (Å²) >= 11 is 0. The van der Waals surface area contributed by atoms with E-state index in [1.165, 1.54) is 30.8 Å². The van der Waals surface area contributed by atoms with E-state index in [1.54, 1.807) is 7.11 Å². The number of rotatable bonds is 4. The number of para-hydroxylation sites is 1. The van der Waals surface area contributed by atoms with Gasteiger partial charge in [0.25, 0.3) is 0 Å². The van der Waals surface area contributed by atoms with Crippen LogP contribution in [0.3, 0.4) is 0 Å². The van der Waals surface area contributed by atoms with Crippen LogP contribution in [0.1, 0.15) is 30.3 Å². The van der Waals surface area contributed by atoms with Gasteiger partial charge >= 0.3 is 0 Å². The van der Waals surface area contributed by atoms with Crippen molar-refractivity contribution in [3.05, 3.63) is 48.0 Å². The Hall–Kier alpha value is -1.81. The first kappa shape index (κ1) is 12.9. The summed E-state index contributed by atoms with van der Waals surface area (Å²) in [7, 11) is 1.76. The minimum Gasteiger partial charge on any atom is -0.496 e. The Morgan fingerprint density at radius 2 is 2.14 bits per heavy atom. The second-order valence-electron chi connectivity index (χ2n) is 6.13. The monoisotopic (exact) mass is 283 g/mol. The second-order valence-corrected chi connectivity index (χ2v) is 6.13. The fourth-order valence-corrected chi connectivity index (χ4v) is 3.31. The van der Waals surface area contributed by atoms with Crippen LogP contribution in [0.4, 0.5) is 0 Å². The number of imidazole rings is 1. The Morgan fingerprint density at radius 3 is 2.95 bits per heavy atom. The van der Waals surface area contributed by atoms with Crippen molar-refractivity contribution in [1.82, 2.24) is 14.5 Å². The number of ether oxygens (including phenoxy) is 1. The summed E-state index contributed by atoms with van der Waals surface area (Å²) in [4.78, 5) is 7.08. The first-order chi connectivity index (χ1) is 10.3. The van der Waals surface area contributed by atoms with Crippen LogP contribution < -0.4 is 4.74 Å². The molecule has 1 fully saturated rings. The molecule has 0 saturated heterocycles. The summed E-state index contributed by atoms with van der Waals surface area (Å²) in [6.07, 6.45) is 6.76. The fraction of sp³-hybridized carbons (Fsp3) is 0.471. The number of nitrogens with zero attached hydrogens (tertiary/aromatic N) is 3. The van der Waals surface area contributed by atoms with Crippen LogP contribution in [-0.4, -0.2) is 28.1 Å². The molecule has 2 heterocycles. The quantitative estimate of drug-likeness (QED) is 0.864. The third-order valence-electron chi connectivity index (χ3n) is 4.64. The summed E-state index contributed by atoms with van der Waals surface area (Å²) in [5.41, 5.74) is 1.29. The molecule has 1 saturated carbocycles. The number of hydrogen-bond donors (Lipinski definition) is 0. The molecule has 1 aliphatic heterocycles. The van der Waals surface area contributed by atoms with E-state index in [1.807, 2.05) is 12.3 Å². The van der Waals surface area contributed by atoms with Crippen LogP contribution in [0.2, 0.25) is 0 Å². The largest absolute Gasteiger partial charge is 0.496 e. The van der Waals surface area contributed by atoms with Crippen LogP contribution in [0.25, 0.3) is 0 Å². The average molecular weight is 283 g/mol. The summed E-state index contributed by atoms with van der Waals surface area (Å²) in [5.74, 6) is 3.05. The van der Waals surface area contributed by atoms with Gasteiger partial charge in [-0.3, -0.25) is 4.90 Å². The molecule has 1 atom stereocenters. The lowest BCUT2D eigenvalue weighted by atomic mass is 10.0. The van der Waals surface area contributed by atoms with E-state index in [2.05, 4.69) is 38.8 Å². The number of aromatic nitrogens is 2. The molecule has 0 amide bonds. The zero-order valence-corrected chi connectivity index (χ0v) is 12.4. The molecule has 1 aromatic carbocycles. The molecule has 21 heavy (non-hydrogen) atoms. The van der Waals surface area contributed by atoms with E-state index in [0.717, 1.165) is 24.8 Å². The molecule has 2 aliphatic rings. The number of hydrogen-bond acceptors (Lipinski definition) is 3. The van der Waals surface area contributed by atoms with Crippen molar-refractivity contribution in [2.45, 2.75) is 32.0 Å². The Morgan fingerprint density at radius 1 is 1.29 bits per heavy atom. The topological polar surface area (TPSA) is 30.3 Å². The molecular weight excluding hydrogens is 262 g/mol. The number of fused-ring (bicyclic) bond motifs is 1. The fourth-order valence-electron chi connectivity index (χ4n) is 3.31. The van der Waals surface area contributed by atoms with Gasteiger partial charge in [-0.05, 0) is 24.8 Å². The van der Waals surface area contributed by atoms with Crippen molar-refractivity contribution in [3.63, 3.8) is 0 Å². The summed E-state index contributed by atoms with van der Waals surface area (Å²) in [6.45, 7) is 3.07. The van der Waals surface area contributed by atoms with Gasteiger partial charge in [-0.15, -0.1) is 0 Å². The van der Waals surface area contributed by atoms with E-state index in [4.69, 9.17) is 4.74 Å². The van der Waals surface area contributed by atoms with Crippen molar-refractivity contribution < 1.29 is 4.74 Å². The first-order valence-corrected chi connectivity index (χ1v) is 7.72. The van der Waals surface area contributed by atoms with Gasteiger partial charge in [0.1, 0.15) is 11.6 Å². The molecule has 2 aromatic rings. The van der Waals surface area contributed by atoms with Gasteiger partial charge in [-0.1, -0.05) is 18.2 Å². The minimum atomic E-state index is 0.378. The van der Waals surface area contributed by atoms with Gasteiger partial charge in [0.15, 0.2) is 0 Å². The van der Waals surface area contributed by atoms with Crippen molar-refractivity contribution in [3.8, 4) is 5.75 Å². The van der Waals surface area contributed by atoms with E-state index in [-0.39, 0.29) is 0 Å². The van der Waals surface area contributed by atoms with Gasteiger partial charge in [-0.25, -0.2) is 4.98 Å². The standard InChI is InChI=1S/C17H21N3O/c1-21-16-5-3-2-4-14(16)15-11-19-9-8-18-17(19)12-20(15)10-13-6-7-13/h2-5,8-9,13,15H,6-7,10-12H2,1H3. The van der Waals surface area contributed by atoms with Crippen molar-refractivity contribution in [2.75, 3.05) is 13.7 Å². The lowest BCUT2D eigenvalue weighted by Crippen LogP contribution is -2.38. The van der Waals surface area contributed by atoms with Gasteiger partial charge in [0.05, 0.1) is 19.7 Å². The molecule has 0 N–H and O–H groups in total. The Labute approximate surface area is 125 Å². The average Bonchev–Trinajstić information content (AvgIpc) is 3.22. The zero-order valence-electron chi connectivity index (χ0n) is 12.4. The molecule has 0 radical (unpaired) electrons. The van der Waals surface area contributed by atoms with Crippen molar-refractivity contribution >= 4 is 0 Å². The molecule has 110 valence electrons. The molecule has 0 spiro atoms. The van der Waals surface area contributed by atoms with Gasteiger partial charge in [0, 0.05) is 31.0 Å². The Kier molecular flexibility index (Phi) is 3.19. The maximum atomic E-state index is 5.59. The predicted molar refractivity (Wildman–Crippen MR) is 81.1 cm³/mol. The van der Waals surface area contributed by atoms with Crippen molar-refractivity contribution in [2.24, 2.45) is 5.92 Å². The highest BCUT2D eigenvalue weighted by molar-refractivity contribution is 5.36. The number of methoxy groups -OCH3 is 1. The smallest absolute Gasteiger partial charge is 0.123 e. The second kappa shape index (κ2) is 5.19. The Balaban J connectivity index is 1.69. The zero-order chi connectivity index (χ0) is 14.2. The van der Waals surface area contributed by atoms with Crippen molar-refractivity contribution in [1.29, 1.82) is 0 Å². The SMILES string of the molecule is COc1ccccc1C1Cn2ccnc2CN1CC1CC1. The molecular formula is C17H21N3O. The maximum Gasteiger partial charge on any atom is 0.123 e. The lowest BCUT2D eigenvalue weighted by Gasteiger charge is -2.37. The Bertz CT molecular complexity index is 632.